The topological polar surface area (TPSA) is 368 Å². The van der Waals surface area contributed by atoms with Crippen molar-refractivity contribution >= 4 is 80.0 Å². The second-order valence-corrected chi connectivity index (χ2v) is 17.2. The van der Waals surface area contributed by atoms with Gasteiger partial charge in [-0.1, -0.05) is 54.6 Å². The molecule has 0 aliphatic carbocycles. The van der Waals surface area contributed by atoms with E-state index >= 15 is 0 Å². The van der Waals surface area contributed by atoms with Crippen LogP contribution in [0.25, 0.3) is 32.7 Å². The van der Waals surface area contributed by atoms with Crippen molar-refractivity contribution in [3.05, 3.63) is 108 Å². The Bertz CT molecular complexity index is 2830. The molecule has 0 aliphatic rings. The van der Waals surface area contributed by atoms with E-state index in [1.54, 1.807) is 42.9 Å². The van der Waals surface area contributed by atoms with Crippen LogP contribution in [0.2, 0.25) is 0 Å². The van der Waals surface area contributed by atoms with Gasteiger partial charge in [0.2, 0.25) is 41.4 Å². The van der Waals surface area contributed by atoms with Gasteiger partial charge < -0.3 is 69.6 Å². The van der Waals surface area contributed by atoms with Gasteiger partial charge in [-0.3, -0.25) is 38.4 Å². The lowest BCUT2D eigenvalue weighted by Crippen LogP contribution is -2.60. The number of para-hydroxylation sites is 3. The number of fused-ring (bicyclic) bond motifs is 3. The van der Waals surface area contributed by atoms with Gasteiger partial charge in [-0.05, 0) is 80.0 Å². The van der Waals surface area contributed by atoms with E-state index in [9.17, 15) is 43.5 Å². The van der Waals surface area contributed by atoms with Gasteiger partial charge in [0, 0.05) is 77.0 Å². The third-order valence-electron chi connectivity index (χ3n) is 12.1. The van der Waals surface area contributed by atoms with E-state index in [2.05, 4.69) is 41.5 Å². The van der Waals surface area contributed by atoms with Crippen molar-refractivity contribution < 1.29 is 43.5 Å². The number of nitrogens with one attached hydrogen (secondary N) is 8. The summed E-state index contributed by atoms with van der Waals surface area (Å²) in [5.41, 5.74) is 27.4. The summed E-state index contributed by atoms with van der Waals surface area (Å²) in [5, 5.41) is 25.1. The van der Waals surface area contributed by atoms with Crippen LogP contribution >= 0.6 is 0 Å². The number of carbonyl (C=O) groups is 8. The van der Waals surface area contributed by atoms with E-state index in [1.165, 1.54) is 0 Å². The molecule has 0 saturated carbocycles. The second kappa shape index (κ2) is 24.3. The molecule has 0 aliphatic heterocycles. The number of carbonyl (C=O) groups excluding carboxylic acids is 7. The highest BCUT2D eigenvalue weighted by atomic mass is 16.4. The molecule has 6 aromatic rings. The molecule has 370 valence electrons. The predicted octanol–water partition coefficient (Wildman–Crippen LogP) is 0.654. The molecule has 70 heavy (non-hydrogen) atoms. The Labute approximate surface area is 402 Å². The first-order valence-corrected chi connectivity index (χ1v) is 23.0. The van der Waals surface area contributed by atoms with Crippen LogP contribution in [-0.4, -0.2) is 110 Å². The van der Waals surface area contributed by atoms with E-state index in [0.29, 0.717) is 35.9 Å². The molecule has 0 radical (unpaired) electrons. The standard InChI is InChI=1S/C49H60N12O9/c50-20-8-7-15-37(44(53)65)57-48(69)40(22-28-25-55-35-13-5-2-10-31(28)35)60-46(67)38(16-18-42(52)62)59-49(70)41(23-29-26-56-36-14-6-3-11-32(29)36)61-47(68)39(17-19-43(63)64)58-45(66)33(51)21-27-24-54-34-12-4-1-9-30(27)34/h1-6,9-14,24-26,33,37-41,54-56H,7-8,15-23,50-51H2,(H2,52,62)(H2,53,65)(H,57,69)(H,58,66)(H,59,70)(H,60,67)(H,61,68)(H,63,64)/t33-,37-,38-,39-,40-,41-/m0/s1. The maximum atomic E-state index is 14.6. The highest BCUT2D eigenvalue weighted by Gasteiger charge is 2.34. The number of H-pyrrole nitrogens is 3. The van der Waals surface area contributed by atoms with E-state index in [0.717, 1.165) is 32.9 Å². The third-order valence-corrected chi connectivity index (χ3v) is 12.1. The molecule has 7 amide bonds. The summed E-state index contributed by atoms with van der Waals surface area (Å²) in [5.74, 6) is -7.08. The molecule has 3 aromatic heterocycles. The van der Waals surface area contributed by atoms with Gasteiger partial charge in [0.15, 0.2) is 0 Å². The lowest BCUT2D eigenvalue weighted by Gasteiger charge is -2.27. The number of aromatic nitrogens is 3. The number of aliphatic carboxylic acids is 1. The second-order valence-electron chi connectivity index (χ2n) is 17.2. The number of hydrogen-bond donors (Lipinski definition) is 13. The Balaban J connectivity index is 1.26. The summed E-state index contributed by atoms with van der Waals surface area (Å²) in [6.45, 7) is 0.354. The Morgan fingerprint density at radius 1 is 0.486 bits per heavy atom. The summed E-state index contributed by atoms with van der Waals surface area (Å²) in [7, 11) is 0. The summed E-state index contributed by atoms with van der Waals surface area (Å²) in [4.78, 5) is 117. The zero-order valence-electron chi connectivity index (χ0n) is 38.4. The van der Waals surface area contributed by atoms with Gasteiger partial charge in [0.1, 0.15) is 30.2 Å². The summed E-state index contributed by atoms with van der Waals surface area (Å²) in [6.07, 6.45) is 4.47. The van der Waals surface area contributed by atoms with Crippen molar-refractivity contribution in [2.45, 2.75) is 100 Å². The first kappa shape index (κ1) is 51.4. The molecule has 17 N–H and O–H groups in total. The molecule has 0 unspecified atom stereocenters. The first-order valence-electron chi connectivity index (χ1n) is 23.0. The number of hydrogen-bond acceptors (Lipinski definition) is 10. The number of nitrogens with two attached hydrogens (primary N) is 4. The molecule has 21 heteroatoms. The number of aromatic amines is 3. The SMILES string of the molecule is NCCCC[C@H](NC(=O)[C@H](Cc1c[nH]c2ccccc12)NC(=O)[C@H](CCC(N)=O)NC(=O)[C@H](Cc1c[nH]c2ccccc12)NC(=O)[C@H](CCC(=O)O)NC(=O)[C@@H](N)Cc1c[nH]c2ccccc12)C(N)=O. The van der Waals surface area contributed by atoms with E-state index in [-0.39, 0.29) is 44.9 Å². The quantitative estimate of drug-likeness (QED) is 0.0318. The van der Waals surface area contributed by atoms with Crippen LogP contribution in [0.15, 0.2) is 91.4 Å². The third kappa shape index (κ3) is 13.8. The number of amides is 7. The Kier molecular flexibility index (Phi) is 17.8. The van der Waals surface area contributed by atoms with Crippen LogP contribution in [0.4, 0.5) is 0 Å². The normalized spacial score (nSPS) is 13.9. The molecule has 21 nitrogen and oxygen atoms in total. The summed E-state index contributed by atoms with van der Waals surface area (Å²) in [6, 6.07) is 13.8. The number of carboxylic acids is 1. The van der Waals surface area contributed by atoms with Crippen LogP contribution < -0.4 is 49.5 Å². The van der Waals surface area contributed by atoms with Crippen molar-refractivity contribution in [2.75, 3.05) is 6.54 Å². The fourth-order valence-electron chi connectivity index (χ4n) is 8.33. The van der Waals surface area contributed by atoms with Gasteiger partial charge in [-0.2, -0.15) is 0 Å². The maximum absolute atomic E-state index is 14.6. The van der Waals surface area contributed by atoms with Gasteiger partial charge in [0.25, 0.3) is 0 Å². The lowest BCUT2D eigenvalue weighted by molar-refractivity contribution is -0.138. The molecule has 6 rings (SSSR count). The Morgan fingerprint density at radius 2 is 0.871 bits per heavy atom. The average molecular weight is 961 g/mol. The van der Waals surface area contributed by atoms with E-state index in [4.69, 9.17) is 22.9 Å². The minimum absolute atomic E-state index is 0.0777. The zero-order chi connectivity index (χ0) is 50.3. The van der Waals surface area contributed by atoms with E-state index < -0.39 is 90.0 Å². The molecule has 0 bridgehead atoms. The Morgan fingerprint density at radius 3 is 1.30 bits per heavy atom. The van der Waals surface area contributed by atoms with Crippen LogP contribution in [-0.2, 0) is 57.6 Å². The van der Waals surface area contributed by atoms with Gasteiger partial charge in [-0.15, -0.1) is 0 Å². The number of unbranched alkanes of at least 4 members (excludes halogenated alkanes) is 1. The number of benzene rings is 3. The summed E-state index contributed by atoms with van der Waals surface area (Å²) < 4.78 is 0. The highest BCUT2D eigenvalue weighted by Crippen LogP contribution is 2.22. The molecule has 3 aromatic carbocycles. The van der Waals surface area contributed by atoms with Crippen LogP contribution in [0, 0.1) is 0 Å². The minimum atomic E-state index is -1.53. The van der Waals surface area contributed by atoms with Gasteiger partial charge in [0.05, 0.1) is 6.04 Å². The predicted molar refractivity (Wildman–Crippen MR) is 261 cm³/mol. The highest BCUT2D eigenvalue weighted by molar-refractivity contribution is 5.98. The van der Waals surface area contributed by atoms with Gasteiger partial charge >= 0.3 is 5.97 Å². The molecule has 0 saturated heterocycles. The molecule has 0 fully saturated rings. The molecular weight excluding hydrogens is 901 g/mol. The minimum Gasteiger partial charge on any atom is -0.481 e. The number of primary amides is 2. The monoisotopic (exact) mass is 960 g/mol. The summed E-state index contributed by atoms with van der Waals surface area (Å²) >= 11 is 0. The smallest absolute Gasteiger partial charge is 0.303 e. The lowest BCUT2D eigenvalue weighted by atomic mass is 10.0. The van der Waals surface area contributed by atoms with E-state index in [1.807, 2.05) is 48.5 Å². The Hall–Kier alpha value is -8.04. The van der Waals surface area contributed by atoms with Crippen molar-refractivity contribution in [3.8, 4) is 0 Å². The van der Waals surface area contributed by atoms with Crippen LogP contribution in [0.3, 0.4) is 0 Å². The number of rotatable bonds is 27. The van der Waals surface area contributed by atoms with Crippen molar-refractivity contribution in [1.29, 1.82) is 0 Å². The largest absolute Gasteiger partial charge is 0.481 e. The molecule has 6 atom stereocenters. The molecule has 0 spiro atoms. The molecular formula is C49H60N12O9. The zero-order valence-corrected chi connectivity index (χ0v) is 38.4. The van der Waals surface area contributed by atoms with Gasteiger partial charge in [-0.25, -0.2) is 0 Å². The average Bonchev–Trinajstić information content (AvgIpc) is 4.07. The molecule has 3 heterocycles. The maximum Gasteiger partial charge on any atom is 0.303 e. The number of carboxylic acid groups (broad SMARTS) is 1. The van der Waals surface area contributed by atoms with Crippen molar-refractivity contribution in [2.24, 2.45) is 22.9 Å². The van der Waals surface area contributed by atoms with Crippen molar-refractivity contribution in [1.82, 2.24) is 41.5 Å². The first-order chi connectivity index (χ1) is 33.6. The fourth-order valence-corrected chi connectivity index (χ4v) is 8.33. The van der Waals surface area contributed by atoms with Crippen molar-refractivity contribution in [3.63, 3.8) is 0 Å². The fraction of sp³-hybridized carbons (Fsp3) is 0.347. The van der Waals surface area contributed by atoms with Crippen LogP contribution in [0.5, 0.6) is 0 Å². The van der Waals surface area contributed by atoms with Crippen LogP contribution in [0.1, 0.15) is 61.6 Å².